The molecule has 0 unspecified atom stereocenters. The highest BCUT2D eigenvalue weighted by molar-refractivity contribution is 7.61. The largest absolute Gasteiger partial charge is 0.644 e. The van der Waals surface area contributed by atoms with Crippen molar-refractivity contribution < 1.29 is 61.7 Å². The van der Waals surface area contributed by atoms with Crippen LogP contribution in [0, 0.1) is 0 Å². The monoisotopic (exact) mass is 538 g/mol. The van der Waals surface area contributed by atoms with Gasteiger partial charge < -0.3 is 14.7 Å². The molecule has 1 aliphatic carbocycles. The Morgan fingerprint density at radius 1 is 0.647 bits per heavy atom. The molecule has 0 N–H and O–H groups in total. The van der Waals surface area contributed by atoms with E-state index in [1.54, 1.807) is 0 Å². The SMILES string of the molecule is FC(F)(F)C(F)(F)C(F)(F)C(F)(F)[P+](F)(F)F.O=C1C=C(N2CC2)C(=O)C(N2CC2)=C1N1CC1. The number of rotatable bonds is 6. The van der Waals surface area contributed by atoms with Gasteiger partial charge >= 0.3 is 31.9 Å². The van der Waals surface area contributed by atoms with E-state index < -0.39 is 31.9 Å². The van der Waals surface area contributed by atoms with Gasteiger partial charge in [-0.3, -0.25) is 9.59 Å². The van der Waals surface area contributed by atoms with Gasteiger partial charge in [0.05, 0.1) is 5.70 Å². The molecule has 0 spiro atoms. The van der Waals surface area contributed by atoms with E-state index in [1.807, 2.05) is 14.7 Å². The second-order valence-corrected chi connectivity index (χ2v) is 8.97. The maximum atomic E-state index is 12.4. The van der Waals surface area contributed by atoms with Gasteiger partial charge in [0.15, 0.2) is 0 Å². The van der Waals surface area contributed by atoms with Crippen LogP contribution in [0.2, 0.25) is 0 Å². The average molecular weight is 538 g/mol. The number of carbonyl (C=O) groups is 2. The van der Waals surface area contributed by atoms with Crippen LogP contribution in [0.4, 0.5) is 52.1 Å². The molecule has 0 saturated carbocycles. The lowest BCUT2D eigenvalue weighted by Gasteiger charge is -2.29. The zero-order chi connectivity index (χ0) is 26.1. The number of hydrogen-bond donors (Lipinski definition) is 0. The zero-order valence-corrected chi connectivity index (χ0v) is 17.4. The fourth-order valence-electron chi connectivity index (χ4n) is 2.80. The van der Waals surface area contributed by atoms with Crippen molar-refractivity contribution >= 4 is 19.8 Å². The third-order valence-corrected chi connectivity index (χ3v) is 5.85. The number of alkyl halides is 9. The first kappa shape index (κ1) is 26.4. The fraction of sp³-hybridized carbons (Fsp3) is 0.625. The van der Waals surface area contributed by atoms with Crippen LogP contribution in [-0.4, -0.2) is 89.2 Å². The first-order chi connectivity index (χ1) is 15.3. The topological polar surface area (TPSA) is 43.2 Å². The molecule has 34 heavy (non-hydrogen) atoms. The van der Waals surface area contributed by atoms with Gasteiger partial charge in [-0.2, -0.15) is 39.5 Å². The van der Waals surface area contributed by atoms with Crippen molar-refractivity contribution in [2.24, 2.45) is 0 Å². The highest BCUT2D eigenvalue weighted by Crippen LogP contribution is 2.80. The van der Waals surface area contributed by atoms with E-state index >= 15 is 0 Å². The smallest absolute Gasteiger partial charge is 0.365 e. The molecular formula is C16H13F12N3O2P+. The van der Waals surface area contributed by atoms with Crippen LogP contribution in [0.15, 0.2) is 23.2 Å². The van der Waals surface area contributed by atoms with Gasteiger partial charge in [0.2, 0.25) is 11.6 Å². The minimum absolute atomic E-state index is 0.00546. The minimum atomic E-state index is -8.47. The lowest BCUT2D eigenvalue weighted by Crippen LogP contribution is -2.60. The Morgan fingerprint density at radius 3 is 1.41 bits per heavy atom. The van der Waals surface area contributed by atoms with Crippen LogP contribution >= 0.6 is 8.19 Å². The van der Waals surface area contributed by atoms with E-state index in [-0.39, 0.29) is 11.6 Å². The van der Waals surface area contributed by atoms with Crippen molar-refractivity contribution in [3.63, 3.8) is 0 Å². The summed E-state index contributed by atoms with van der Waals surface area (Å²) in [6.07, 6.45) is -5.72. The summed E-state index contributed by atoms with van der Waals surface area (Å²) in [5.74, 6) is -15.1. The van der Waals surface area contributed by atoms with Crippen molar-refractivity contribution in [3.05, 3.63) is 23.2 Å². The summed E-state index contributed by atoms with van der Waals surface area (Å²) >= 11 is 0. The summed E-state index contributed by atoms with van der Waals surface area (Å²) in [7, 11) is -8.47. The van der Waals surface area contributed by atoms with Gasteiger partial charge in [-0.25, -0.2) is 0 Å². The zero-order valence-electron chi connectivity index (χ0n) is 16.5. The number of halogens is 12. The third kappa shape index (κ3) is 4.42. The lowest BCUT2D eigenvalue weighted by atomic mass is 10.0. The Morgan fingerprint density at radius 2 is 1.06 bits per heavy atom. The van der Waals surface area contributed by atoms with Crippen LogP contribution in [0.25, 0.3) is 0 Å². The molecule has 0 bridgehead atoms. The Labute approximate surface area is 183 Å². The summed E-state index contributed by atoms with van der Waals surface area (Å²) in [4.78, 5) is 30.5. The quantitative estimate of drug-likeness (QED) is 0.219. The molecule has 3 heterocycles. The van der Waals surface area contributed by atoms with Gasteiger partial charge in [0.1, 0.15) is 11.4 Å². The van der Waals surface area contributed by atoms with Crippen LogP contribution in [0.1, 0.15) is 0 Å². The Hall–Kier alpha value is -2.19. The summed E-state index contributed by atoms with van der Waals surface area (Å²) in [5, 5.41) is 0. The Bertz CT molecular complexity index is 916. The number of carbonyl (C=O) groups excluding carboxylic acids is 2. The Balaban J connectivity index is 0.000000191. The number of hydrogen-bond acceptors (Lipinski definition) is 5. The molecule has 192 valence electrons. The first-order valence-corrected chi connectivity index (χ1v) is 10.7. The maximum absolute atomic E-state index is 12.4. The molecule has 0 aromatic rings. The van der Waals surface area contributed by atoms with Crippen LogP contribution in [0.3, 0.4) is 0 Å². The minimum Gasteiger partial charge on any atom is -0.365 e. The van der Waals surface area contributed by atoms with E-state index in [4.69, 9.17) is 0 Å². The van der Waals surface area contributed by atoms with Gasteiger partial charge in [-0.1, -0.05) is 0 Å². The summed E-state index contributed by atoms with van der Waals surface area (Å²) in [6, 6.07) is 0. The van der Waals surface area contributed by atoms with Gasteiger partial charge in [-0.05, 0) is 0 Å². The maximum Gasteiger partial charge on any atom is 0.644 e. The molecule has 5 nitrogen and oxygen atoms in total. The van der Waals surface area contributed by atoms with E-state index in [0.29, 0.717) is 17.1 Å². The first-order valence-electron chi connectivity index (χ1n) is 9.24. The highest BCUT2D eigenvalue weighted by atomic mass is 31.3. The van der Waals surface area contributed by atoms with E-state index in [0.717, 1.165) is 39.3 Å². The Kier molecular flexibility index (Phi) is 6.15. The number of ketones is 2. The molecule has 0 aromatic carbocycles. The third-order valence-electron chi connectivity index (χ3n) is 4.93. The molecule has 0 amide bonds. The fourth-order valence-corrected chi connectivity index (χ4v) is 3.26. The molecule has 0 aromatic heterocycles. The van der Waals surface area contributed by atoms with Gasteiger partial charge in [0.25, 0.3) is 0 Å². The second kappa shape index (κ2) is 7.92. The van der Waals surface area contributed by atoms with Crippen LogP contribution < -0.4 is 0 Å². The summed E-state index contributed by atoms with van der Waals surface area (Å²) in [5.41, 5.74) is -5.53. The predicted molar refractivity (Wildman–Crippen MR) is 91.0 cm³/mol. The van der Waals surface area contributed by atoms with Crippen LogP contribution in [-0.2, 0) is 9.59 Å². The number of nitrogens with zero attached hydrogens (tertiary/aromatic N) is 3. The van der Waals surface area contributed by atoms with Crippen molar-refractivity contribution in [1.29, 1.82) is 0 Å². The number of Topliss-reactive ketones (excluding diaryl/α,β-unsaturated/α-hetero) is 1. The molecule has 18 heteroatoms. The summed E-state index contributed by atoms with van der Waals surface area (Å²) < 4.78 is 140. The lowest BCUT2D eigenvalue weighted by molar-refractivity contribution is -0.383. The predicted octanol–water partition coefficient (Wildman–Crippen LogP) is 4.26. The molecule has 0 atom stereocenters. The van der Waals surface area contributed by atoms with Crippen molar-refractivity contribution in [3.8, 4) is 0 Å². The molecule has 0 radical (unpaired) electrons. The van der Waals surface area contributed by atoms with Gasteiger partial charge in [-0.15, -0.1) is 0 Å². The van der Waals surface area contributed by atoms with Crippen molar-refractivity contribution in [1.82, 2.24) is 14.7 Å². The van der Waals surface area contributed by atoms with Crippen LogP contribution in [0.5, 0.6) is 0 Å². The highest BCUT2D eigenvalue weighted by Gasteiger charge is 2.94. The standard InChI is InChI=1S/C12H13N3O2.C4F12P/c16-9-7-8(13-1-2-13)12(17)11(15-5-6-15)10(9)14-3-4-14;5-1(6,3(9,10)11)2(7,8)4(12,13)17(14,15)16/h7H,1-6H2;/q;+1. The molecule has 3 aliphatic heterocycles. The van der Waals surface area contributed by atoms with Crippen molar-refractivity contribution in [2.75, 3.05) is 39.3 Å². The van der Waals surface area contributed by atoms with Crippen molar-refractivity contribution in [2.45, 2.75) is 23.7 Å². The van der Waals surface area contributed by atoms with Gasteiger partial charge in [0, 0.05) is 57.9 Å². The second-order valence-electron chi connectivity index (χ2n) is 7.51. The van der Waals surface area contributed by atoms with E-state index in [9.17, 15) is 61.7 Å². The van der Waals surface area contributed by atoms with E-state index in [1.165, 1.54) is 6.08 Å². The van der Waals surface area contributed by atoms with E-state index in [2.05, 4.69) is 0 Å². The number of allylic oxidation sites excluding steroid dienone is 1. The molecule has 3 saturated heterocycles. The average Bonchev–Trinajstić information content (AvgIpc) is 3.53. The summed E-state index contributed by atoms with van der Waals surface area (Å²) in [6.45, 7) is 5.41. The molecule has 4 aliphatic rings. The molecule has 4 rings (SSSR count). The normalized spacial score (nSPS) is 21.4. The molecular weight excluding hydrogens is 525 g/mol. The molecule has 3 fully saturated rings.